The first-order valence-electron chi connectivity index (χ1n) is 6.03. The normalized spacial score (nSPS) is 10.5. The van der Waals surface area contributed by atoms with Crippen LogP contribution in [-0.4, -0.2) is 30.3 Å². The highest BCUT2D eigenvalue weighted by Crippen LogP contribution is 2.14. The Morgan fingerprint density at radius 3 is 2.39 bits per heavy atom. The lowest BCUT2D eigenvalue weighted by Crippen LogP contribution is -2.34. The Bertz CT molecular complexity index is 376. The van der Waals surface area contributed by atoms with E-state index in [1.807, 2.05) is 24.3 Å². The van der Waals surface area contributed by atoms with Gasteiger partial charge in [-0.3, -0.25) is 4.79 Å². The van der Waals surface area contributed by atoms with Crippen LogP contribution in [0.15, 0.2) is 24.3 Å². The second-order valence-electron chi connectivity index (χ2n) is 4.65. The lowest BCUT2D eigenvalue weighted by atomic mass is 10.1. The van der Waals surface area contributed by atoms with Crippen molar-refractivity contribution in [2.24, 2.45) is 5.92 Å². The second-order valence-corrected chi connectivity index (χ2v) is 4.92. The molecule has 1 rings (SSSR count). The molecular formula is C14H20ClNO2. The highest BCUT2D eigenvalue weighted by atomic mass is 35.5. The minimum Gasteiger partial charge on any atom is -0.497 e. The lowest BCUT2D eigenvalue weighted by Gasteiger charge is -2.24. The molecule has 0 aliphatic rings. The smallest absolute Gasteiger partial charge is 0.237 e. The van der Waals surface area contributed by atoms with Crippen molar-refractivity contribution in [1.29, 1.82) is 0 Å². The SMILES string of the molecule is COc1ccc(CN(CC(C)C)C(=O)CCl)cc1. The van der Waals surface area contributed by atoms with E-state index in [0.717, 1.165) is 17.9 Å². The molecule has 18 heavy (non-hydrogen) atoms. The molecule has 0 aliphatic heterocycles. The van der Waals surface area contributed by atoms with Crippen molar-refractivity contribution in [2.75, 3.05) is 19.5 Å². The molecule has 100 valence electrons. The second kappa shape index (κ2) is 7.27. The van der Waals surface area contributed by atoms with Crippen molar-refractivity contribution in [1.82, 2.24) is 4.90 Å². The molecule has 1 aromatic carbocycles. The number of ether oxygens (including phenoxy) is 1. The van der Waals surface area contributed by atoms with Gasteiger partial charge in [0.05, 0.1) is 7.11 Å². The molecule has 0 heterocycles. The summed E-state index contributed by atoms with van der Waals surface area (Å²) in [5, 5.41) is 0. The van der Waals surface area contributed by atoms with Crippen LogP contribution in [0.5, 0.6) is 5.75 Å². The third-order valence-corrected chi connectivity index (χ3v) is 2.81. The molecule has 0 saturated heterocycles. The zero-order valence-corrected chi connectivity index (χ0v) is 11.9. The number of nitrogens with zero attached hydrogens (tertiary/aromatic N) is 1. The van der Waals surface area contributed by atoms with E-state index in [-0.39, 0.29) is 11.8 Å². The molecule has 0 radical (unpaired) electrons. The summed E-state index contributed by atoms with van der Waals surface area (Å²) in [5.74, 6) is 1.25. The van der Waals surface area contributed by atoms with E-state index in [9.17, 15) is 4.79 Å². The fraction of sp³-hybridized carbons (Fsp3) is 0.500. The number of alkyl halides is 1. The van der Waals surface area contributed by atoms with E-state index >= 15 is 0 Å². The predicted molar refractivity (Wildman–Crippen MR) is 74.0 cm³/mol. The first-order chi connectivity index (χ1) is 8.56. The minimum absolute atomic E-state index is 0.0267. The number of hydrogen-bond acceptors (Lipinski definition) is 2. The van der Waals surface area contributed by atoms with Gasteiger partial charge < -0.3 is 9.64 Å². The molecular weight excluding hydrogens is 250 g/mol. The van der Waals surface area contributed by atoms with Crippen LogP contribution in [-0.2, 0) is 11.3 Å². The van der Waals surface area contributed by atoms with Gasteiger partial charge in [0, 0.05) is 13.1 Å². The molecule has 0 N–H and O–H groups in total. The summed E-state index contributed by atoms with van der Waals surface area (Å²) in [6.07, 6.45) is 0. The van der Waals surface area contributed by atoms with Crippen LogP contribution in [0.25, 0.3) is 0 Å². The van der Waals surface area contributed by atoms with Gasteiger partial charge in [-0.15, -0.1) is 11.6 Å². The Kier molecular flexibility index (Phi) is 5.99. The van der Waals surface area contributed by atoms with Crippen molar-refractivity contribution in [3.8, 4) is 5.75 Å². The number of carbonyl (C=O) groups is 1. The van der Waals surface area contributed by atoms with Crippen LogP contribution in [0.1, 0.15) is 19.4 Å². The minimum atomic E-state index is -0.0267. The van der Waals surface area contributed by atoms with E-state index in [4.69, 9.17) is 16.3 Å². The first kappa shape index (κ1) is 14.8. The van der Waals surface area contributed by atoms with Crippen LogP contribution < -0.4 is 4.74 Å². The average Bonchev–Trinajstić information content (AvgIpc) is 2.37. The van der Waals surface area contributed by atoms with Crippen molar-refractivity contribution in [2.45, 2.75) is 20.4 Å². The molecule has 0 saturated carbocycles. The summed E-state index contributed by atoms with van der Waals surface area (Å²) in [6.45, 7) is 5.48. The number of rotatable bonds is 6. The highest BCUT2D eigenvalue weighted by Gasteiger charge is 2.14. The van der Waals surface area contributed by atoms with Gasteiger partial charge in [0.15, 0.2) is 0 Å². The maximum absolute atomic E-state index is 11.7. The zero-order chi connectivity index (χ0) is 13.5. The summed E-state index contributed by atoms with van der Waals surface area (Å²) < 4.78 is 5.11. The van der Waals surface area contributed by atoms with Gasteiger partial charge in [-0.1, -0.05) is 26.0 Å². The summed E-state index contributed by atoms with van der Waals surface area (Å²) in [6, 6.07) is 7.73. The quantitative estimate of drug-likeness (QED) is 0.743. The van der Waals surface area contributed by atoms with Gasteiger partial charge in [-0.2, -0.15) is 0 Å². The maximum atomic E-state index is 11.7. The molecule has 1 amide bonds. The van der Waals surface area contributed by atoms with Gasteiger partial charge >= 0.3 is 0 Å². The molecule has 1 aromatic rings. The third-order valence-electron chi connectivity index (χ3n) is 2.59. The fourth-order valence-corrected chi connectivity index (χ4v) is 1.90. The molecule has 0 fully saturated rings. The lowest BCUT2D eigenvalue weighted by molar-refractivity contribution is -0.129. The number of methoxy groups -OCH3 is 1. The topological polar surface area (TPSA) is 29.5 Å². The predicted octanol–water partition coefficient (Wildman–Crippen LogP) is 2.92. The summed E-state index contributed by atoms with van der Waals surface area (Å²) in [7, 11) is 1.64. The monoisotopic (exact) mass is 269 g/mol. The van der Waals surface area contributed by atoms with Gasteiger partial charge in [0.1, 0.15) is 11.6 Å². The van der Waals surface area contributed by atoms with Gasteiger partial charge in [-0.05, 0) is 23.6 Å². The number of hydrogen-bond donors (Lipinski definition) is 0. The van der Waals surface area contributed by atoms with Crippen molar-refractivity contribution >= 4 is 17.5 Å². The molecule has 0 aliphatic carbocycles. The molecule has 0 spiro atoms. The van der Waals surface area contributed by atoms with Gasteiger partial charge in [-0.25, -0.2) is 0 Å². The largest absolute Gasteiger partial charge is 0.497 e. The molecule has 0 aromatic heterocycles. The Balaban J connectivity index is 2.72. The Morgan fingerprint density at radius 2 is 1.94 bits per heavy atom. The van der Waals surface area contributed by atoms with Crippen LogP contribution >= 0.6 is 11.6 Å². The van der Waals surface area contributed by atoms with Crippen LogP contribution in [0.4, 0.5) is 0 Å². The summed E-state index contributed by atoms with van der Waals surface area (Å²) in [4.78, 5) is 13.5. The zero-order valence-electron chi connectivity index (χ0n) is 11.1. The first-order valence-corrected chi connectivity index (χ1v) is 6.57. The fourth-order valence-electron chi connectivity index (χ4n) is 1.73. The Morgan fingerprint density at radius 1 is 1.33 bits per heavy atom. The molecule has 0 unspecified atom stereocenters. The molecule has 3 nitrogen and oxygen atoms in total. The summed E-state index contributed by atoms with van der Waals surface area (Å²) in [5.41, 5.74) is 1.08. The van der Waals surface area contributed by atoms with E-state index in [0.29, 0.717) is 12.5 Å². The Hall–Kier alpha value is -1.22. The molecule has 0 atom stereocenters. The number of amides is 1. The third kappa shape index (κ3) is 4.57. The van der Waals surface area contributed by atoms with Crippen LogP contribution in [0.3, 0.4) is 0 Å². The van der Waals surface area contributed by atoms with Crippen molar-refractivity contribution in [3.63, 3.8) is 0 Å². The standard InChI is InChI=1S/C14H20ClNO2/c1-11(2)9-16(14(17)8-15)10-12-4-6-13(18-3)7-5-12/h4-7,11H,8-10H2,1-3H3. The highest BCUT2D eigenvalue weighted by molar-refractivity contribution is 6.27. The Labute approximate surface area is 114 Å². The van der Waals surface area contributed by atoms with E-state index < -0.39 is 0 Å². The number of benzene rings is 1. The van der Waals surface area contributed by atoms with Gasteiger partial charge in [0.2, 0.25) is 5.91 Å². The molecule has 4 heteroatoms. The summed E-state index contributed by atoms with van der Waals surface area (Å²) >= 11 is 5.63. The number of halogens is 1. The number of carbonyl (C=O) groups excluding carboxylic acids is 1. The van der Waals surface area contributed by atoms with Crippen LogP contribution in [0.2, 0.25) is 0 Å². The van der Waals surface area contributed by atoms with E-state index in [2.05, 4.69) is 13.8 Å². The van der Waals surface area contributed by atoms with E-state index in [1.165, 1.54) is 0 Å². The average molecular weight is 270 g/mol. The van der Waals surface area contributed by atoms with E-state index in [1.54, 1.807) is 12.0 Å². The maximum Gasteiger partial charge on any atom is 0.237 e. The van der Waals surface area contributed by atoms with Crippen molar-refractivity contribution in [3.05, 3.63) is 29.8 Å². The van der Waals surface area contributed by atoms with Gasteiger partial charge in [0.25, 0.3) is 0 Å². The molecule has 0 bridgehead atoms. The van der Waals surface area contributed by atoms with Crippen LogP contribution in [0, 0.1) is 5.92 Å². The van der Waals surface area contributed by atoms with Crippen molar-refractivity contribution < 1.29 is 9.53 Å².